The molecular formula is C9H13N5O3. The third-order valence-electron chi connectivity index (χ3n) is 2.21. The van der Waals surface area contributed by atoms with Crippen LogP contribution in [0.15, 0.2) is 11.1 Å². The highest BCUT2D eigenvalue weighted by Gasteiger charge is 2.08. The number of aliphatic hydroxyl groups excluding tert-OH is 1. The van der Waals surface area contributed by atoms with Gasteiger partial charge >= 0.3 is 0 Å². The van der Waals surface area contributed by atoms with Gasteiger partial charge in [-0.15, -0.1) is 0 Å². The maximum Gasteiger partial charge on any atom is 0.280 e. The van der Waals surface area contributed by atoms with Gasteiger partial charge in [0, 0.05) is 6.54 Å². The van der Waals surface area contributed by atoms with Crippen LogP contribution in [0.5, 0.6) is 0 Å². The molecule has 0 atom stereocenters. The minimum Gasteiger partial charge on any atom is -0.394 e. The molecule has 0 aliphatic heterocycles. The summed E-state index contributed by atoms with van der Waals surface area (Å²) < 4.78 is 6.80. The van der Waals surface area contributed by atoms with Crippen LogP contribution in [-0.4, -0.2) is 44.4 Å². The highest BCUT2D eigenvalue weighted by molar-refractivity contribution is 5.70. The van der Waals surface area contributed by atoms with Crippen LogP contribution in [0.25, 0.3) is 11.2 Å². The van der Waals surface area contributed by atoms with Gasteiger partial charge in [-0.3, -0.25) is 9.78 Å². The zero-order chi connectivity index (χ0) is 12.3. The largest absolute Gasteiger partial charge is 0.394 e. The number of aromatic amines is 1. The van der Waals surface area contributed by atoms with Crippen molar-refractivity contribution in [2.24, 2.45) is 0 Å². The van der Waals surface area contributed by atoms with Gasteiger partial charge in [-0.25, -0.2) is 4.98 Å². The van der Waals surface area contributed by atoms with Crippen molar-refractivity contribution in [1.29, 1.82) is 0 Å². The lowest BCUT2D eigenvalue weighted by Gasteiger charge is -2.04. The van der Waals surface area contributed by atoms with Crippen molar-refractivity contribution < 1.29 is 9.84 Å². The van der Waals surface area contributed by atoms with Crippen molar-refractivity contribution in [2.45, 2.75) is 6.54 Å². The third kappa shape index (κ3) is 2.43. The van der Waals surface area contributed by atoms with E-state index in [0.29, 0.717) is 18.8 Å². The van der Waals surface area contributed by atoms with Gasteiger partial charge in [0.1, 0.15) is 0 Å². The van der Waals surface area contributed by atoms with Crippen LogP contribution in [0.3, 0.4) is 0 Å². The first-order chi connectivity index (χ1) is 8.22. The summed E-state index contributed by atoms with van der Waals surface area (Å²) in [7, 11) is 0. The average molecular weight is 239 g/mol. The predicted molar refractivity (Wildman–Crippen MR) is 60.5 cm³/mol. The molecule has 0 radical (unpaired) electrons. The van der Waals surface area contributed by atoms with E-state index >= 15 is 0 Å². The molecule has 2 aromatic rings. The van der Waals surface area contributed by atoms with E-state index in [-0.39, 0.29) is 30.2 Å². The molecule has 0 aliphatic carbocycles. The summed E-state index contributed by atoms with van der Waals surface area (Å²) in [5, 5.41) is 8.55. The van der Waals surface area contributed by atoms with Crippen LogP contribution in [0.4, 0.5) is 5.95 Å². The molecule has 0 saturated heterocycles. The number of nitrogens with two attached hydrogens (primary N) is 1. The SMILES string of the molecule is Nc1nc2c(ncn2CCOCCO)c(=O)[nH]1. The molecule has 0 spiro atoms. The number of rotatable bonds is 5. The smallest absolute Gasteiger partial charge is 0.280 e. The van der Waals surface area contributed by atoms with E-state index in [1.807, 2.05) is 0 Å². The Morgan fingerprint density at radius 3 is 3.12 bits per heavy atom. The molecule has 0 amide bonds. The molecular weight excluding hydrogens is 226 g/mol. The van der Waals surface area contributed by atoms with Crippen LogP contribution in [-0.2, 0) is 11.3 Å². The fraction of sp³-hybridized carbons (Fsp3) is 0.444. The molecule has 8 nitrogen and oxygen atoms in total. The number of nitrogens with one attached hydrogen (secondary N) is 1. The Morgan fingerprint density at radius 2 is 2.35 bits per heavy atom. The number of aliphatic hydroxyl groups is 1. The second-order valence-corrected chi connectivity index (χ2v) is 3.40. The van der Waals surface area contributed by atoms with Gasteiger partial charge in [0.25, 0.3) is 5.56 Å². The quantitative estimate of drug-likeness (QED) is 0.558. The molecule has 2 rings (SSSR count). The van der Waals surface area contributed by atoms with Crippen molar-refractivity contribution >= 4 is 17.1 Å². The average Bonchev–Trinajstić information content (AvgIpc) is 2.68. The molecule has 8 heteroatoms. The van der Waals surface area contributed by atoms with Gasteiger partial charge in [0.15, 0.2) is 11.2 Å². The van der Waals surface area contributed by atoms with E-state index in [9.17, 15) is 4.79 Å². The number of ether oxygens (including phenoxy) is 1. The van der Waals surface area contributed by atoms with Crippen molar-refractivity contribution in [2.75, 3.05) is 25.6 Å². The van der Waals surface area contributed by atoms with Crippen LogP contribution < -0.4 is 11.3 Å². The predicted octanol–water partition coefficient (Wildman–Crippen LogP) is -1.29. The number of fused-ring (bicyclic) bond motifs is 1. The number of aromatic nitrogens is 4. The third-order valence-corrected chi connectivity index (χ3v) is 2.21. The first-order valence-electron chi connectivity index (χ1n) is 5.11. The minimum atomic E-state index is -0.359. The Hall–Kier alpha value is -1.93. The topological polar surface area (TPSA) is 119 Å². The van der Waals surface area contributed by atoms with Crippen LogP contribution in [0, 0.1) is 0 Å². The molecule has 0 bridgehead atoms. The van der Waals surface area contributed by atoms with E-state index in [1.165, 1.54) is 6.33 Å². The van der Waals surface area contributed by atoms with Crippen molar-refractivity contribution in [1.82, 2.24) is 19.5 Å². The lowest BCUT2D eigenvalue weighted by atomic mass is 10.5. The normalized spacial score (nSPS) is 11.1. The number of nitrogen functional groups attached to an aromatic ring is 1. The molecule has 0 aromatic carbocycles. The van der Waals surface area contributed by atoms with Gasteiger partial charge in [0.2, 0.25) is 5.95 Å². The van der Waals surface area contributed by atoms with Crippen molar-refractivity contribution in [3.63, 3.8) is 0 Å². The summed E-state index contributed by atoms with van der Waals surface area (Å²) in [6.45, 7) is 1.16. The van der Waals surface area contributed by atoms with Crippen molar-refractivity contribution in [3.05, 3.63) is 16.7 Å². The second-order valence-electron chi connectivity index (χ2n) is 3.40. The van der Waals surface area contributed by atoms with E-state index in [4.69, 9.17) is 15.6 Å². The Labute approximate surface area is 96.1 Å². The standard InChI is InChI=1S/C9H13N5O3/c10-9-12-7-6(8(16)13-9)11-5-14(7)1-3-17-4-2-15/h5,15H,1-4H2,(H3,10,12,13,16). The molecule has 0 saturated carbocycles. The highest BCUT2D eigenvalue weighted by Crippen LogP contribution is 2.05. The van der Waals surface area contributed by atoms with Gasteiger partial charge in [-0.2, -0.15) is 4.98 Å². The molecule has 2 heterocycles. The first kappa shape index (κ1) is 11.6. The monoisotopic (exact) mass is 239 g/mol. The number of H-pyrrole nitrogens is 1. The van der Waals surface area contributed by atoms with Crippen LogP contribution in [0.2, 0.25) is 0 Å². The van der Waals surface area contributed by atoms with E-state index in [2.05, 4.69) is 15.0 Å². The lowest BCUT2D eigenvalue weighted by Crippen LogP contribution is -2.13. The van der Waals surface area contributed by atoms with Gasteiger partial charge in [0.05, 0.1) is 26.1 Å². The molecule has 92 valence electrons. The summed E-state index contributed by atoms with van der Waals surface area (Å²) in [6, 6.07) is 0. The Balaban J connectivity index is 2.21. The molecule has 4 N–H and O–H groups in total. The zero-order valence-corrected chi connectivity index (χ0v) is 9.09. The van der Waals surface area contributed by atoms with E-state index in [0.717, 1.165) is 0 Å². The summed E-state index contributed by atoms with van der Waals surface area (Å²) in [6.07, 6.45) is 1.51. The molecule has 0 fully saturated rings. The minimum absolute atomic E-state index is 0.0183. The molecule has 2 aromatic heterocycles. The number of hydrogen-bond acceptors (Lipinski definition) is 6. The fourth-order valence-corrected chi connectivity index (χ4v) is 1.46. The Morgan fingerprint density at radius 1 is 1.53 bits per heavy atom. The Bertz CT molecular complexity index is 561. The molecule has 0 aliphatic rings. The van der Waals surface area contributed by atoms with Crippen LogP contribution >= 0.6 is 0 Å². The summed E-state index contributed by atoms with van der Waals surface area (Å²) >= 11 is 0. The first-order valence-corrected chi connectivity index (χ1v) is 5.11. The summed E-state index contributed by atoms with van der Waals surface area (Å²) in [4.78, 5) is 21.8. The number of imidazole rings is 1. The highest BCUT2D eigenvalue weighted by atomic mass is 16.5. The maximum atomic E-state index is 11.5. The Kier molecular flexibility index (Phi) is 3.35. The van der Waals surface area contributed by atoms with Gasteiger partial charge < -0.3 is 20.1 Å². The molecule has 17 heavy (non-hydrogen) atoms. The number of hydrogen-bond donors (Lipinski definition) is 3. The number of anilines is 1. The summed E-state index contributed by atoms with van der Waals surface area (Å²) in [5.41, 5.74) is 5.78. The van der Waals surface area contributed by atoms with E-state index < -0.39 is 0 Å². The second kappa shape index (κ2) is 4.93. The lowest BCUT2D eigenvalue weighted by molar-refractivity contribution is 0.0874. The van der Waals surface area contributed by atoms with Crippen LogP contribution in [0.1, 0.15) is 0 Å². The number of nitrogens with zero attached hydrogens (tertiary/aromatic N) is 3. The van der Waals surface area contributed by atoms with Gasteiger partial charge in [-0.05, 0) is 0 Å². The maximum absolute atomic E-state index is 11.5. The van der Waals surface area contributed by atoms with E-state index in [1.54, 1.807) is 4.57 Å². The fourth-order valence-electron chi connectivity index (χ4n) is 1.46. The van der Waals surface area contributed by atoms with Crippen molar-refractivity contribution in [3.8, 4) is 0 Å². The molecule has 0 unspecified atom stereocenters. The zero-order valence-electron chi connectivity index (χ0n) is 9.09. The summed E-state index contributed by atoms with van der Waals surface area (Å²) in [5.74, 6) is 0.0560. The van der Waals surface area contributed by atoms with Gasteiger partial charge in [-0.1, -0.05) is 0 Å².